The molecule has 1 aliphatic rings. The molecule has 212 valence electrons. The van der Waals surface area contributed by atoms with Crippen LogP contribution in [0.3, 0.4) is 0 Å². The molecule has 0 bridgehead atoms. The molecule has 1 unspecified atom stereocenters. The van der Waals surface area contributed by atoms with Gasteiger partial charge in [0.1, 0.15) is 17.2 Å². The molecule has 45 heavy (non-hydrogen) atoms. The maximum atomic E-state index is 6.54. The Hall–Kier alpha value is -5.87. The van der Waals surface area contributed by atoms with E-state index in [1.807, 2.05) is 18.2 Å². The summed E-state index contributed by atoms with van der Waals surface area (Å²) in [4.78, 5) is 15.4. The van der Waals surface area contributed by atoms with Crippen molar-refractivity contribution in [1.82, 2.24) is 15.0 Å². The number of hydrogen-bond donors (Lipinski definition) is 0. The van der Waals surface area contributed by atoms with Crippen LogP contribution in [0, 0.1) is 0 Å². The average Bonchev–Trinajstić information content (AvgIpc) is 3.51. The largest absolute Gasteiger partial charge is 0.456 e. The summed E-state index contributed by atoms with van der Waals surface area (Å²) in [6.45, 7) is 0. The summed E-state index contributed by atoms with van der Waals surface area (Å²) in [6.07, 6.45) is 5.04. The van der Waals surface area contributed by atoms with Gasteiger partial charge < -0.3 is 4.42 Å². The van der Waals surface area contributed by atoms with Crippen molar-refractivity contribution in [3.05, 3.63) is 157 Å². The van der Waals surface area contributed by atoms with E-state index in [-0.39, 0.29) is 5.92 Å². The summed E-state index contributed by atoms with van der Waals surface area (Å²) in [6, 6.07) is 46.4. The van der Waals surface area contributed by atoms with Gasteiger partial charge in [-0.2, -0.15) is 0 Å². The van der Waals surface area contributed by atoms with Crippen LogP contribution in [0.4, 0.5) is 0 Å². The molecule has 0 aliphatic heterocycles. The Labute approximate surface area is 260 Å². The highest BCUT2D eigenvalue weighted by Gasteiger charge is 2.30. The van der Waals surface area contributed by atoms with E-state index in [9.17, 15) is 0 Å². The van der Waals surface area contributed by atoms with Gasteiger partial charge in [-0.05, 0) is 57.3 Å². The molecule has 6 aromatic carbocycles. The lowest BCUT2D eigenvalue weighted by Gasteiger charge is -2.20. The third kappa shape index (κ3) is 4.34. The maximum absolute atomic E-state index is 6.54. The van der Waals surface area contributed by atoms with Gasteiger partial charge in [-0.15, -0.1) is 0 Å². The molecule has 0 saturated heterocycles. The number of hydrogen-bond acceptors (Lipinski definition) is 4. The molecular weight excluding hydrogens is 550 g/mol. The van der Waals surface area contributed by atoms with Gasteiger partial charge in [-0.3, -0.25) is 0 Å². The van der Waals surface area contributed by atoms with Gasteiger partial charge in [0, 0.05) is 22.1 Å². The summed E-state index contributed by atoms with van der Waals surface area (Å²) in [7, 11) is 0. The Balaban J connectivity index is 1.28. The normalized spacial score (nSPS) is 14.3. The molecule has 4 heteroatoms. The predicted molar refractivity (Wildman–Crippen MR) is 183 cm³/mol. The highest BCUT2D eigenvalue weighted by molar-refractivity contribution is 6.06. The van der Waals surface area contributed by atoms with Crippen molar-refractivity contribution in [2.45, 2.75) is 12.3 Å². The summed E-state index contributed by atoms with van der Waals surface area (Å²) < 4.78 is 6.54. The van der Waals surface area contributed by atoms with E-state index in [1.54, 1.807) is 0 Å². The van der Waals surface area contributed by atoms with Crippen molar-refractivity contribution in [2.75, 3.05) is 0 Å². The van der Waals surface area contributed by atoms with Gasteiger partial charge in [-0.25, -0.2) is 15.0 Å². The van der Waals surface area contributed by atoms with Crippen LogP contribution in [0.15, 0.2) is 144 Å². The molecule has 0 fully saturated rings. The van der Waals surface area contributed by atoms with Crippen LogP contribution in [-0.4, -0.2) is 15.0 Å². The third-order valence-corrected chi connectivity index (χ3v) is 8.85. The van der Waals surface area contributed by atoms with Crippen LogP contribution >= 0.6 is 0 Å². The van der Waals surface area contributed by atoms with E-state index in [2.05, 4.69) is 127 Å². The van der Waals surface area contributed by atoms with Gasteiger partial charge in [0.05, 0.1) is 5.92 Å². The van der Waals surface area contributed by atoms with Gasteiger partial charge >= 0.3 is 0 Å². The summed E-state index contributed by atoms with van der Waals surface area (Å²) in [5.41, 5.74) is 6.27. The molecule has 2 aromatic heterocycles. The fourth-order valence-electron chi connectivity index (χ4n) is 6.73. The number of rotatable bonds is 4. The molecular formula is C41H27N3O. The van der Waals surface area contributed by atoms with Crippen LogP contribution in [0.2, 0.25) is 0 Å². The van der Waals surface area contributed by atoms with E-state index in [0.29, 0.717) is 11.6 Å². The molecule has 8 aromatic rings. The molecule has 0 saturated carbocycles. The molecule has 0 amide bonds. The van der Waals surface area contributed by atoms with E-state index < -0.39 is 0 Å². The summed E-state index contributed by atoms with van der Waals surface area (Å²) in [5.74, 6) is 2.84. The first-order chi connectivity index (χ1) is 22.3. The quantitative estimate of drug-likeness (QED) is 0.209. The zero-order valence-electron chi connectivity index (χ0n) is 24.4. The van der Waals surface area contributed by atoms with Gasteiger partial charge in [-0.1, -0.05) is 127 Å². The number of allylic oxidation sites excluding steroid dienone is 1. The number of benzene rings is 6. The lowest BCUT2D eigenvalue weighted by Crippen LogP contribution is -2.12. The van der Waals surface area contributed by atoms with Crippen molar-refractivity contribution < 1.29 is 4.42 Å². The van der Waals surface area contributed by atoms with Crippen LogP contribution in [0.25, 0.3) is 72.5 Å². The first kappa shape index (κ1) is 25.6. The molecule has 9 rings (SSSR count). The fourth-order valence-corrected chi connectivity index (χ4v) is 6.73. The van der Waals surface area contributed by atoms with E-state index in [1.165, 1.54) is 21.7 Å². The standard InChI is InChI=1S/C41H27N3O/c1-2-13-28(14-3-1)39-42-40(30-24-23-26-11-4-5-15-29(26)25-30)44-41(43-39)34-20-10-22-36-38(34)37-33(19-9-21-35(37)45-36)32-18-8-16-27-12-6-7-17-31(27)32/h1-19,21-25,34H,20H2. The number of nitrogens with zero attached hydrogens (tertiary/aromatic N) is 3. The maximum Gasteiger partial charge on any atom is 0.163 e. The Morgan fingerprint density at radius 1 is 0.556 bits per heavy atom. The molecule has 0 N–H and O–H groups in total. The van der Waals surface area contributed by atoms with Crippen LogP contribution in [-0.2, 0) is 0 Å². The molecule has 0 spiro atoms. The second-order valence-electron chi connectivity index (χ2n) is 11.5. The van der Waals surface area contributed by atoms with Gasteiger partial charge in [0.2, 0.25) is 0 Å². The monoisotopic (exact) mass is 577 g/mol. The lowest BCUT2D eigenvalue weighted by atomic mass is 9.85. The molecule has 1 aliphatic carbocycles. The lowest BCUT2D eigenvalue weighted by molar-refractivity contribution is 0.586. The second kappa shape index (κ2) is 10.4. The number of fused-ring (bicyclic) bond motifs is 5. The Kier molecular flexibility index (Phi) is 5.91. The Morgan fingerprint density at radius 3 is 2.16 bits per heavy atom. The van der Waals surface area contributed by atoms with E-state index in [0.717, 1.165) is 56.6 Å². The Morgan fingerprint density at radius 2 is 1.27 bits per heavy atom. The molecule has 2 heterocycles. The zero-order chi connectivity index (χ0) is 29.7. The molecule has 4 nitrogen and oxygen atoms in total. The zero-order valence-corrected chi connectivity index (χ0v) is 24.4. The summed E-state index contributed by atoms with van der Waals surface area (Å²) in [5, 5.41) is 5.89. The van der Waals surface area contributed by atoms with Crippen LogP contribution in [0.5, 0.6) is 0 Å². The highest BCUT2D eigenvalue weighted by atomic mass is 16.3. The third-order valence-electron chi connectivity index (χ3n) is 8.85. The van der Waals surface area contributed by atoms with E-state index in [4.69, 9.17) is 19.4 Å². The number of furan rings is 1. The average molecular weight is 578 g/mol. The predicted octanol–water partition coefficient (Wildman–Crippen LogP) is 10.5. The Bertz CT molecular complexity index is 2420. The van der Waals surface area contributed by atoms with E-state index >= 15 is 0 Å². The highest BCUT2D eigenvalue weighted by Crippen LogP contribution is 2.45. The summed E-state index contributed by atoms with van der Waals surface area (Å²) >= 11 is 0. The SMILES string of the molecule is C1=Cc2oc3cccc(-c4cccc5ccccc45)c3c2C(c2nc(-c3ccccc3)nc(-c3ccc4ccccc4c3)n2)C1. The minimum atomic E-state index is -0.105. The van der Waals surface area contributed by atoms with Crippen molar-refractivity contribution in [3.63, 3.8) is 0 Å². The second-order valence-corrected chi connectivity index (χ2v) is 11.5. The fraction of sp³-hybridized carbons (Fsp3) is 0.0488. The molecule has 0 radical (unpaired) electrons. The first-order valence-corrected chi connectivity index (χ1v) is 15.3. The topological polar surface area (TPSA) is 51.8 Å². The van der Waals surface area contributed by atoms with Crippen LogP contribution < -0.4 is 0 Å². The van der Waals surface area contributed by atoms with Crippen molar-refractivity contribution >= 4 is 38.6 Å². The first-order valence-electron chi connectivity index (χ1n) is 15.3. The van der Waals surface area contributed by atoms with Crippen molar-refractivity contribution in [3.8, 4) is 33.9 Å². The smallest absolute Gasteiger partial charge is 0.163 e. The van der Waals surface area contributed by atoms with Gasteiger partial charge in [0.25, 0.3) is 0 Å². The minimum Gasteiger partial charge on any atom is -0.456 e. The van der Waals surface area contributed by atoms with Gasteiger partial charge in [0.15, 0.2) is 11.6 Å². The molecule has 1 atom stereocenters. The van der Waals surface area contributed by atoms with Crippen molar-refractivity contribution in [2.24, 2.45) is 0 Å². The number of aromatic nitrogens is 3. The van der Waals surface area contributed by atoms with Crippen molar-refractivity contribution in [1.29, 1.82) is 0 Å². The van der Waals surface area contributed by atoms with Crippen LogP contribution in [0.1, 0.15) is 29.5 Å². The minimum absolute atomic E-state index is 0.105.